The lowest BCUT2D eigenvalue weighted by Crippen LogP contribution is -2.19. The smallest absolute Gasteiger partial charge is 0.271 e. The Labute approximate surface area is 138 Å². The summed E-state index contributed by atoms with van der Waals surface area (Å²) in [6.45, 7) is 4.42. The van der Waals surface area contributed by atoms with E-state index in [1.807, 2.05) is 50.2 Å². The van der Waals surface area contributed by atoms with E-state index in [4.69, 9.17) is 4.74 Å². The molecule has 0 fully saturated rings. The van der Waals surface area contributed by atoms with Crippen molar-refractivity contribution in [2.75, 3.05) is 6.61 Å². The molecule has 0 radical (unpaired) electrons. The summed E-state index contributed by atoms with van der Waals surface area (Å²) >= 11 is 3.33. The Bertz CT molecular complexity index is 664. The van der Waals surface area contributed by atoms with E-state index in [0.29, 0.717) is 12.2 Å². The van der Waals surface area contributed by atoms with E-state index in [0.717, 1.165) is 21.5 Å². The van der Waals surface area contributed by atoms with Crippen LogP contribution in [0, 0.1) is 0 Å². The second-order valence-electron chi connectivity index (χ2n) is 4.60. The number of carbonyl (C=O) groups excluding carboxylic acids is 1. The van der Waals surface area contributed by atoms with Crippen LogP contribution >= 0.6 is 15.9 Å². The maximum absolute atomic E-state index is 12.0. The Morgan fingerprint density at radius 2 is 1.68 bits per heavy atom. The van der Waals surface area contributed by atoms with Crippen LogP contribution in [0.15, 0.2) is 58.1 Å². The molecule has 0 atom stereocenters. The predicted octanol–water partition coefficient (Wildman–Crippen LogP) is 4.00. The van der Waals surface area contributed by atoms with Gasteiger partial charge >= 0.3 is 0 Å². The second kappa shape index (κ2) is 7.75. The monoisotopic (exact) mass is 360 g/mol. The average molecular weight is 361 g/mol. The number of halogens is 1. The fourth-order valence-electron chi connectivity index (χ4n) is 1.82. The quantitative estimate of drug-likeness (QED) is 0.646. The van der Waals surface area contributed by atoms with Crippen LogP contribution in [0.2, 0.25) is 0 Å². The number of hydrogen-bond donors (Lipinski definition) is 1. The zero-order valence-electron chi connectivity index (χ0n) is 12.5. The molecule has 0 bridgehead atoms. The highest BCUT2D eigenvalue weighted by Crippen LogP contribution is 2.13. The molecule has 2 aromatic rings. The normalized spacial score (nSPS) is 11.1. The maximum atomic E-state index is 12.0. The molecule has 0 saturated heterocycles. The summed E-state index contributed by atoms with van der Waals surface area (Å²) in [4.78, 5) is 12.0. The standard InChI is InChI=1S/C17H17BrN2O2/c1-3-22-16-10-6-13(7-11-16)12(2)19-20-17(21)14-4-8-15(18)9-5-14/h4-11H,3H2,1-2H3,(H,20,21). The molecule has 0 aliphatic heterocycles. The van der Waals surface area contributed by atoms with Crippen molar-refractivity contribution in [3.8, 4) is 5.75 Å². The lowest BCUT2D eigenvalue weighted by Gasteiger charge is -2.05. The van der Waals surface area contributed by atoms with Gasteiger partial charge in [-0.1, -0.05) is 15.9 Å². The Morgan fingerprint density at radius 3 is 2.27 bits per heavy atom. The molecule has 0 aromatic heterocycles. The molecule has 22 heavy (non-hydrogen) atoms. The summed E-state index contributed by atoms with van der Waals surface area (Å²) in [5.74, 6) is 0.579. The number of benzene rings is 2. The van der Waals surface area contributed by atoms with Gasteiger partial charge in [0, 0.05) is 10.0 Å². The summed E-state index contributed by atoms with van der Waals surface area (Å²) in [6, 6.07) is 14.7. The molecule has 2 aromatic carbocycles. The molecular formula is C17H17BrN2O2. The van der Waals surface area contributed by atoms with Crippen LogP contribution in [0.3, 0.4) is 0 Å². The highest BCUT2D eigenvalue weighted by molar-refractivity contribution is 9.10. The van der Waals surface area contributed by atoms with Crippen molar-refractivity contribution in [1.29, 1.82) is 0 Å². The molecular weight excluding hydrogens is 344 g/mol. The lowest BCUT2D eigenvalue weighted by molar-refractivity contribution is 0.0955. The van der Waals surface area contributed by atoms with Crippen molar-refractivity contribution in [2.24, 2.45) is 5.10 Å². The fraction of sp³-hybridized carbons (Fsp3) is 0.176. The largest absolute Gasteiger partial charge is 0.494 e. The number of rotatable bonds is 5. The molecule has 1 N–H and O–H groups in total. The third kappa shape index (κ3) is 4.43. The first-order valence-electron chi connectivity index (χ1n) is 6.93. The SMILES string of the molecule is CCOc1ccc(C(C)=NNC(=O)c2ccc(Br)cc2)cc1. The van der Waals surface area contributed by atoms with Crippen molar-refractivity contribution in [3.63, 3.8) is 0 Å². The minimum Gasteiger partial charge on any atom is -0.494 e. The number of nitrogens with zero attached hydrogens (tertiary/aromatic N) is 1. The van der Waals surface area contributed by atoms with Gasteiger partial charge in [-0.15, -0.1) is 0 Å². The first-order valence-corrected chi connectivity index (χ1v) is 7.73. The van der Waals surface area contributed by atoms with Crippen LogP contribution in [0.5, 0.6) is 5.75 Å². The Hall–Kier alpha value is -2.14. The van der Waals surface area contributed by atoms with E-state index in [9.17, 15) is 4.79 Å². The molecule has 0 heterocycles. The third-order valence-electron chi connectivity index (χ3n) is 3.01. The molecule has 5 heteroatoms. The van der Waals surface area contributed by atoms with Crippen molar-refractivity contribution < 1.29 is 9.53 Å². The molecule has 114 valence electrons. The molecule has 0 saturated carbocycles. The van der Waals surface area contributed by atoms with Gasteiger partial charge in [0.05, 0.1) is 12.3 Å². The number of hydrazone groups is 1. The Balaban J connectivity index is 2.02. The van der Waals surface area contributed by atoms with Crippen LogP contribution in [-0.2, 0) is 0 Å². The van der Waals surface area contributed by atoms with Crippen LogP contribution in [0.1, 0.15) is 29.8 Å². The highest BCUT2D eigenvalue weighted by Gasteiger charge is 2.04. The van der Waals surface area contributed by atoms with E-state index in [1.165, 1.54) is 0 Å². The molecule has 2 rings (SSSR count). The molecule has 0 aliphatic carbocycles. The van der Waals surface area contributed by atoms with Crippen molar-refractivity contribution in [3.05, 3.63) is 64.1 Å². The van der Waals surface area contributed by atoms with Gasteiger partial charge in [-0.2, -0.15) is 5.10 Å². The van der Waals surface area contributed by atoms with Gasteiger partial charge in [-0.3, -0.25) is 4.79 Å². The van der Waals surface area contributed by atoms with Crippen molar-refractivity contribution in [2.45, 2.75) is 13.8 Å². The van der Waals surface area contributed by atoms with Crippen LogP contribution in [0.4, 0.5) is 0 Å². The van der Waals surface area contributed by atoms with Gasteiger partial charge in [-0.05, 0) is 67.9 Å². The van der Waals surface area contributed by atoms with Gasteiger partial charge in [0.15, 0.2) is 0 Å². The van der Waals surface area contributed by atoms with Crippen molar-refractivity contribution in [1.82, 2.24) is 5.43 Å². The summed E-state index contributed by atoms with van der Waals surface area (Å²) in [5.41, 5.74) is 4.78. The van der Waals surface area contributed by atoms with Crippen LogP contribution in [0.25, 0.3) is 0 Å². The van der Waals surface area contributed by atoms with Crippen LogP contribution < -0.4 is 10.2 Å². The van der Waals surface area contributed by atoms with E-state index >= 15 is 0 Å². The van der Waals surface area contributed by atoms with E-state index < -0.39 is 0 Å². The van der Waals surface area contributed by atoms with E-state index in [2.05, 4.69) is 26.5 Å². The predicted molar refractivity (Wildman–Crippen MR) is 91.4 cm³/mol. The number of hydrogen-bond acceptors (Lipinski definition) is 3. The average Bonchev–Trinajstić information content (AvgIpc) is 2.54. The van der Waals surface area contributed by atoms with Crippen molar-refractivity contribution >= 4 is 27.5 Å². The summed E-state index contributed by atoms with van der Waals surface area (Å²) in [7, 11) is 0. The third-order valence-corrected chi connectivity index (χ3v) is 3.54. The molecule has 0 unspecified atom stereocenters. The number of nitrogens with one attached hydrogen (secondary N) is 1. The Kier molecular flexibility index (Phi) is 5.72. The van der Waals surface area contributed by atoms with Gasteiger partial charge in [-0.25, -0.2) is 5.43 Å². The van der Waals surface area contributed by atoms with E-state index in [1.54, 1.807) is 12.1 Å². The zero-order chi connectivity index (χ0) is 15.9. The van der Waals surface area contributed by atoms with Gasteiger partial charge in [0.2, 0.25) is 0 Å². The Morgan fingerprint density at radius 1 is 1.09 bits per heavy atom. The lowest BCUT2D eigenvalue weighted by atomic mass is 10.1. The minimum atomic E-state index is -0.238. The van der Waals surface area contributed by atoms with Gasteiger partial charge < -0.3 is 4.74 Å². The zero-order valence-corrected chi connectivity index (χ0v) is 14.1. The number of carbonyl (C=O) groups is 1. The summed E-state index contributed by atoms with van der Waals surface area (Å²) < 4.78 is 6.32. The second-order valence-corrected chi connectivity index (χ2v) is 5.52. The molecule has 0 aliphatic rings. The molecule has 4 nitrogen and oxygen atoms in total. The summed E-state index contributed by atoms with van der Waals surface area (Å²) in [5, 5.41) is 4.13. The number of amides is 1. The van der Waals surface area contributed by atoms with Crippen LogP contribution in [-0.4, -0.2) is 18.2 Å². The minimum absolute atomic E-state index is 0.238. The summed E-state index contributed by atoms with van der Waals surface area (Å²) in [6.07, 6.45) is 0. The van der Waals surface area contributed by atoms with Gasteiger partial charge in [0.1, 0.15) is 5.75 Å². The number of ether oxygens (including phenoxy) is 1. The fourth-order valence-corrected chi connectivity index (χ4v) is 2.09. The molecule has 1 amide bonds. The van der Waals surface area contributed by atoms with Gasteiger partial charge in [0.25, 0.3) is 5.91 Å². The highest BCUT2D eigenvalue weighted by atomic mass is 79.9. The maximum Gasteiger partial charge on any atom is 0.271 e. The first kappa shape index (κ1) is 16.2. The first-order chi connectivity index (χ1) is 10.6. The topological polar surface area (TPSA) is 50.7 Å². The van der Waals surface area contributed by atoms with E-state index in [-0.39, 0.29) is 5.91 Å². The molecule has 0 spiro atoms.